The van der Waals surface area contributed by atoms with Crippen LogP contribution >= 0.6 is 0 Å². The quantitative estimate of drug-likeness (QED) is 0.737. The average molecular weight is 238 g/mol. The first-order valence-electron chi connectivity index (χ1n) is 7.63. The van der Waals surface area contributed by atoms with Crippen molar-refractivity contribution in [2.24, 2.45) is 23.7 Å². The van der Waals surface area contributed by atoms with E-state index in [4.69, 9.17) is 0 Å². The molecule has 3 aliphatic rings. The smallest absolute Gasteiger partial charge is 0.0626 e. The number of rotatable bonds is 1. The Bertz CT molecular complexity index is 260. The van der Waals surface area contributed by atoms with Crippen molar-refractivity contribution in [1.29, 1.82) is 0 Å². The van der Waals surface area contributed by atoms with Gasteiger partial charge in [0.2, 0.25) is 0 Å². The number of hydrogen-bond donors (Lipinski definition) is 2. The first-order valence-corrected chi connectivity index (χ1v) is 7.63. The monoisotopic (exact) mass is 238 g/mol. The van der Waals surface area contributed by atoms with E-state index >= 15 is 0 Å². The van der Waals surface area contributed by atoms with Crippen LogP contribution in [0.1, 0.15) is 57.8 Å². The molecule has 3 aliphatic carbocycles. The van der Waals surface area contributed by atoms with E-state index in [2.05, 4.69) is 0 Å². The lowest BCUT2D eigenvalue weighted by Crippen LogP contribution is -2.34. The zero-order chi connectivity index (χ0) is 11.8. The molecule has 2 nitrogen and oxygen atoms in total. The van der Waals surface area contributed by atoms with Crippen molar-refractivity contribution in [3.63, 3.8) is 0 Å². The Morgan fingerprint density at radius 3 is 2.00 bits per heavy atom. The lowest BCUT2D eigenvalue weighted by molar-refractivity contribution is -0.00895. The Labute approximate surface area is 104 Å². The van der Waals surface area contributed by atoms with Crippen LogP contribution in [0.4, 0.5) is 0 Å². The van der Waals surface area contributed by atoms with Crippen LogP contribution in [0.15, 0.2) is 0 Å². The van der Waals surface area contributed by atoms with E-state index in [1.807, 2.05) is 0 Å². The van der Waals surface area contributed by atoms with Gasteiger partial charge < -0.3 is 10.2 Å². The highest BCUT2D eigenvalue weighted by Gasteiger charge is 2.48. The molecule has 0 spiro atoms. The first-order chi connectivity index (χ1) is 8.27. The van der Waals surface area contributed by atoms with Crippen molar-refractivity contribution < 1.29 is 10.2 Å². The second-order valence-corrected chi connectivity index (χ2v) is 6.62. The van der Waals surface area contributed by atoms with Gasteiger partial charge >= 0.3 is 0 Å². The molecule has 3 fully saturated rings. The summed E-state index contributed by atoms with van der Waals surface area (Å²) < 4.78 is 0. The lowest BCUT2D eigenvalue weighted by Gasteiger charge is -2.27. The minimum absolute atomic E-state index is 0.197. The van der Waals surface area contributed by atoms with Crippen LogP contribution in [0.2, 0.25) is 0 Å². The van der Waals surface area contributed by atoms with Gasteiger partial charge in [-0.3, -0.25) is 0 Å². The molecule has 0 bridgehead atoms. The molecule has 0 radical (unpaired) electrons. The van der Waals surface area contributed by atoms with E-state index < -0.39 is 0 Å². The maximum absolute atomic E-state index is 10.6. The fourth-order valence-corrected chi connectivity index (χ4v) is 4.87. The minimum Gasteiger partial charge on any atom is -0.393 e. The van der Waals surface area contributed by atoms with Gasteiger partial charge in [-0.15, -0.1) is 0 Å². The summed E-state index contributed by atoms with van der Waals surface area (Å²) in [4.78, 5) is 0. The Morgan fingerprint density at radius 1 is 0.706 bits per heavy atom. The van der Waals surface area contributed by atoms with Crippen LogP contribution in [-0.4, -0.2) is 22.4 Å². The summed E-state index contributed by atoms with van der Waals surface area (Å²) >= 11 is 0. The number of hydrogen-bond acceptors (Lipinski definition) is 2. The number of fused-ring (bicyclic) bond motifs is 1. The maximum atomic E-state index is 10.6. The Hall–Kier alpha value is -0.0800. The van der Waals surface area contributed by atoms with Crippen LogP contribution in [-0.2, 0) is 0 Å². The van der Waals surface area contributed by atoms with Crippen LogP contribution in [0.3, 0.4) is 0 Å². The molecule has 5 unspecified atom stereocenters. The van der Waals surface area contributed by atoms with E-state index in [1.54, 1.807) is 0 Å². The third kappa shape index (κ3) is 2.15. The standard InChI is InChI=1S/C15H26O2/c16-13-8-4-3-7-11-9-12(15(17)14(11)13)10-5-1-2-6-10/h10-17H,1-9H2. The van der Waals surface area contributed by atoms with Crippen molar-refractivity contribution in [3.8, 4) is 0 Å². The molecular weight excluding hydrogens is 212 g/mol. The molecule has 3 rings (SSSR count). The van der Waals surface area contributed by atoms with E-state index in [-0.39, 0.29) is 18.1 Å². The zero-order valence-corrected chi connectivity index (χ0v) is 10.7. The predicted octanol–water partition coefficient (Wildman–Crippen LogP) is 2.72. The van der Waals surface area contributed by atoms with Gasteiger partial charge in [0.15, 0.2) is 0 Å². The molecular formula is C15H26O2. The molecule has 0 aromatic heterocycles. The average Bonchev–Trinajstić information content (AvgIpc) is 2.88. The van der Waals surface area contributed by atoms with Gasteiger partial charge in [0, 0.05) is 5.92 Å². The van der Waals surface area contributed by atoms with Crippen molar-refractivity contribution >= 4 is 0 Å². The van der Waals surface area contributed by atoms with Gasteiger partial charge in [-0.25, -0.2) is 0 Å². The molecule has 5 atom stereocenters. The summed E-state index contributed by atoms with van der Waals surface area (Å²) in [6.07, 6.45) is 10.6. The maximum Gasteiger partial charge on any atom is 0.0626 e. The fourth-order valence-electron chi connectivity index (χ4n) is 4.87. The summed E-state index contributed by atoms with van der Waals surface area (Å²) in [6, 6.07) is 0. The van der Waals surface area contributed by atoms with Crippen LogP contribution in [0.25, 0.3) is 0 Å². The van der Waals surface area contributed by atoms with E-state index in [0.29, 0.717) is 11.8 Å². The van der Waals surface area contributed by atoms with Gasteiger partial charge in [-0.2, -0.15) is 0 Å². The highest BCUT2D eigenvalue weighted by atomic mass is 16.3. The highest BCUT2D eigenvalue weighted by Crippen LogP contribution is 2.49. The second-order valence-electron chi connectivity index (χ2n) is 6.62. The van der Waals surface area contributed by atoms with Crippen molar-refractivity contribution in [3.05, 3.63) is 0 Å². The predicted molar refractivity (Wildman–Crippen MR) is 67.5 cm³/mol. The van der Waals surface area contributed by atoms with Crippen LogP contribution < -0.4 is 0 Å². The SMILES string of the molecule is OC1CCCCC2CC(C3CCCC3)C(O)C12. The lowest BCUT2D eigenvalue weighted by atomic mass is 9.85. The van der Waals surface area contributed by atoms with Crippen LogP contribution in [0.5, 0.6) is 0 Å². The van der Waals surface area contributed by atoms with Crippen molar-refractivity contribution in [2.45, 2.75) is 70.0 Å². The second kappa shape index (κ2) is 4.89. The molecule has 0 aromatic rings. The highest BCUT2D eigenvalue weighted by molar-refractivity contribution is 4.98. The minimum atomic E-state index is -0.232. The molecule has 98 valence electrons. The topological polar surface area (TPSA) is 40.5 Å². The summed E-state index contributed by atoms with van der Waals surface area (Å²) in [6.45, 7) is 0. The summed E-state index contributed by atoms with van der Waals surface area (Å²) in [5.74, 6) is 2.06. The van der Waals surface area contributed by atoms with Gasteiger partial charge in [0.25, 0.3) is 0 Å². The molecule has 0 amide bonds. The van der Waals surface area contributed by atoms with Gasteiger partial charge in [0.05, 0.1) is 12.2 Å². The van der Waals surface area contributed by atoms with Gasteiger partial charge in [0.1, 0.15) is 0 Å². The molecule has 2 heteroatoms. The third-order valence-electron chi connectivity index (χ3n) is 5.73. The van der Waals surface area contributed by atoms with Gasteiger partial charge in [-0.1, -0.05) is 38.5 Å². The van der Waals surface area contributed by atoms with E-state index in [9.17, 15) is 10.2 Å². The summed E-state index contributed by atoms with van der Waals surface area (Å²) in [5.41, 5.74) is 0. The number of aliphatic hydroxyl groups is 2. The summed E-state index contributed by atoms with van der Waals surface area (Å²) in [5, 5.41) is 20.8. The molecule has 0 aromatic carbocycles. The van der Waals surface area contributed by atoms with Crippen molar-refractivity contribution in [1.82, 2.24) is 0 Å². The Kier molecular flexibility index (Phi) is 3.45. The van der Waals surface area contributed by atoms with Gasteiger partial charge in [-0.05, 0) is 37.0 Å². The van der Waals surface area contributed by atoms with E-state index in [1.165, 1.54) is 44.9 Å². The molecule has 0 aliphatic heterocycles. The fraction of sp³-hybridized carbons (Fsp3) is 1.00. The molecule has 2 N–H and O–H groups in total. The molecule has 0 heterocycles. The normalized spacial score (nSPS) is 48.0. The first kappa shape index (κ1) is 12.0. The van der Waals surface area contributed by atoms with Crippen molar-refractivity contribution in [2.75, 3.05) is 0 Å². The van der Waals surface area contributed by atoms with E-state index in [0.717, 1.165) is 18.8 Å². The number of aliphatic hydroxyl groups excluding tert-OH is 2. The zero-order valence-electron chi connectivity index (χ0n) is 10.7. The van der Waals surface area contributed by atoms with Crippen LogP contribution in [0, 0.1) is 23.7 Å². The third-order valence-corrected chi connectivity index (χ3v) is 5.73. The Balaban J connectivity index is 1.73. The molecule has 17 heavy (non-hydrogen) atoms. The summed E-state index contributed by atoms with van der Waals surface area (Å²) in [7, 11) is 0. The molecule has 0 saturated heterocycles. The largest absolute Gasteiger partial charge is 0.393 e. The molecule has 3 saturated carbocycles. The Morgan fingerprint density at radius 2 is 1.29 bits per heavy atom.